The predicted molar refractivity (Wildman–Crippen MR) is 90.7 cm³/mol. The van der Waals surface area contributed by atoms with Gasteiger partial charge in [-0.05, 0) is 63.3 Å². The second-order valence-electron chi connectivity index (χ2n) is 6.82. The van der Waals surface area contributed by atoms with E-state index in [9.17, 15) is 0 Å². The van der Waals surface area contributed by atoms with Crippen LogP contribution in [0.3, 0.4) is 0 Å². The van der Waals surface area contributed by atoms with Crippen LogP contribution in [0.4, 0.5) is 0 Å². The molecule has 0 atom stereocenters. The van der Waals surface area contributed by atoms with Gasteiger partial charge >= 0.3 is 0 Å². The molecule has 1 aliphatic carbocycles. The van der Waals surface area contributed by atoms with E-state index in [1.807, 2.05) is 17.8 Å². The van der Waals surface area contributed by atoms with Crippen molar-refractivity contribution in [2.24, 2.45) is 5.92 Å². The lowest BCUT2D eigenvalue weighted by Crippen LogP contribution is -2.35. The molecule has 20 heavy (non-hydrogen) atoms. The van der Waals surface area contributed by atoms with Crippen LogP contribution in [-0.4, -0.2) is 11.3 Å². The molecule has 1 aliphatic rings. The molecule has 0 bridgehead atoms. The Morgan fingerprint density at radius 2 is 1.95 bits per heavy atom. The van der Waals surface area contributed by atoms with E-state index in [0.29, 0.717) is 0 Å². The van der Waals surface area contributed by atoms with Crippen molar-refractivity contribution in [2.45, 2.75) is 63.4 Å². The van der Waals surface area contributed by atoms with Gasteiger partial charge in [0.1, 0.15) is 0 Å². The van der Waals surface area contributed by atoms with E-state index >= 15 is 0 Å². The van der Waals surface area contributed by atoms with Gasteiger partial charge in [-0.3, -0.25) is 0 Å². The number of rotatable bonds is 5. The molecular weight excluding hydrogens is 286 g/mol. The zero-order valence-corrected chi connectivity index (χ0v) is 14.4. The molecule has 2 rings (SSSR count). The summed E-state index contributed by atoms with van der Waals surface area (Å²) in [7, 11) is 0. The Labute approximate surface area is 132 Å². The summed E-state index contributed by atoms with van der Waals surface area (Å²) in [5, 5.41) is 4.40. The summed E-state index contributed by atoms with van der Waals surface area (Å²) in [4.78, 5) is 1.39. The van der Waals surface area contributed by atoms with Gasteiger partial charge in [-0.25, -0.2) is 0 Å². The Morgan fingerprint density at radius 1 is 1.25 bits per heavy atom. The number of hydrogen-bond acceptors (Lipinski definition) is 2. The topological polar surface area (TPSA) is 12.0 Å². The first-order valence-electron chi connectivity index (χ1n) is 7.60. The van der Waals surface area contributed by atoms with Crippen LogP contribution in [0, 0.1) is 5.92 Å². The molecule has 1 saturated carbocycles. The molecule has 0 aromatic heterocycles. The fourth-order valence-corrected chi connectivity index (χ4v) is 4.00. The summed E-state index contributed by atoms with van der Waals surface area (Å²) >= 11 is 8.16. The summed E-state index contributed by atoms with van der Waals surface area (Å²) in [6.45, 7) is 7.48. The summed E-state index contributed by atoms with van der Waals surface area (Å²) in [5.74, 6) is 2.17. The predicted octanol–water partition coefficient (Wildman–Crippen LogP) is 5.51. The van der Waals surface area contributed by atoms with E-state index in [1.54, 1.807) is 0 Å². The molecule has 0 saturated heterocycles. The van der Waals surface area contributed by atoms with E-state index < -0.39 is 0 Å². The Hall–Kier alpha value is -0.180. The number of nitrogens with one attached hydrogen (secondary N) is 1. The minimum Gasteiger partial charge on any atom is -0.308 e. The molecule has 0 spiro atoms. The van der Waals surface area contributed by atoms with Gasteiger partial charge in [0, 0.05) is 27.8 Å². The Balaban J connectivity index is 1.99. The lowest BCUT2D eigenvalue weighted by molar-refractivity contribution is 0.422. The van der Waals surface area contributed by atoms with Crippen molar-refractivity contribution in [3.63, 3.8) is 0 Å². The highest BCUT2D eigenvalue weighted by Gasteiger charge is 2.16. The number of hydrogen-bond donors (Lipinski definition) is 1. The van der Waals surface area contributed by atoms with Gasteiger partial charge in [0.15, 0.2) is 0 Å². The third-order valence-electron chi connectivity index (χ3n) is 3.78. The highest BCUT2D eigenvalue weighted by Crippen LogP contribution is 2.33. The normalized spacial score (nSPS) is 16.8. The van der Waals surface area contributed by atoms with Crippen molar-refractivity contribution >= 4 is 23.4 Å². The van der Waals surface area contributed by atoms with Crippen molar-refractivity contribution in [3.8, 4) is 0 Å². The Morgan fingerprint density at radius 3 is 2.60 bits per heavy atom. The van der Waals surface area contributed by atoms with Crippen LogP contribution >= 0.6 is 23.4 Å². The van der Waals surface area contributed by atoms with Gasteiger partial charge in [0.25, 0.3) is 0 Å². The third-order valence-corrected chi connectivity index (χ3v) is 5.36. The average molecular weight is 312 g/mol. The molecule has 0 radical (unpaired) electrons. The fourth-order valence-electron chi connectivity index (χ4n) is 2.57. The molecule has 0 heterocycles. The van der Waals surface area contributed by atoms with Gasteiger partial charge in [0.2, 0.25) is 0 Å². The first-order valence-corrected chi connectivity index (χ1v) is 8.97. The van der Waals surface area contributed by atoms with Crippen molar-refractivity contribution in [1.29, 1.82) is 0 Å². The highest BCUT2D eigenvalue weighted by atomic mass is 35.5. The maximum atomic E-state index is 6.16. The van der Waals surface area contributed by atoms with Gasteiger partial charge in [0.05, 0.1) is 0 Å². The lowest BCUT2D eigenvalue weighted by Gasteiger charge is -2.22. The highest BCUT2D eigenvalue weighted by molar-refractivity contribution is 7.99. The van der Waals surface area contributed by atoms with E-state index in [0.717, 1.165) is 17.5 Å². The van der Waals surface area contributed by atoms with Gasteiger partial charge < -0.3 is 5.32 Å². The number of halogens is 1. The number of benzene rings is 1. The average Bonchev–Trinajstić information content (AvgIpc) is 2.87. The SMILES string of the molecule is CC(C)(C)NCc1cc(Cl)ccc1SCC1CCCC1. The van der Waals surface area contributed by atoms with Crippen molar-refractivity contribution in [2.75, 3.05) is 5.75 Å². The van der Waals surface area contributed by atoms with Crippen molar-refractivity contribution in [1.82, 2.24) is 5.32 Å². The maximum absolute atomic E-state index is 6.16. The molecule has 1 aromatic carbocycles. The molecule has 0 unspecified atom stereocenters. The standard InChI is InChI=1S/C17H26ClNS/c1-17(2,3)19-11-14-10-15(18)8-9-16(14)20-12-13-6-4-5-7-13/h8-10,13,19H,4-7,11-12H2,1-3H3. The Bertz CT molecular complexity index is 433. The summed E-state index contributed by atoms with van der Waals surface area (Å²) in [6, 6.07) is 6.30. The minimum absolute atomic E-state index is 0.135. The summed E-state index contributed by atoms with van der Waals surface area (Å²) < 4.78 is 0. The molecule has 3 heteroatoms. The smallest absolute Gasteiger partial charge is 0.0410 e. The van der Waals surface area contributed by atoms with Crippen LogP contribution in [0.25, 0.3) is 0 Å². The van der Waals surface area contributed by atoms with Gasteiger partial charge in [-0.2, -0.15) is 0 Å². The fraction of sp³-hybridized carbons (Fsp3) is 0.647. The summed E-state index contributed by atoms with van der Waals surface area (Å²) in [6.07, 6.45) is 5.67. The molecule has 1 nitrogen and oxygen atoms in total. The van der Waals surface area contributed by atoms with Crippen LogP contribution in [0.15, 0.2) is 23.1 Å². The van der Waals surface area contributed by atoms with Crippen LogP contribution in [-0.2, 0) is 6.54 Å². The largest absolute Gasteiger partial charge is 0.308 e. The minimum atomic E-state index is 0.135. The quantitative estimate of drug-likeness (QED) is 0.719. The molecule has 0 amide bonds. The molecule has 0 aliphatic heterocycles. The van der Waals surface area contributed by atoms with E-state index in [2.05, 4.69) is 38.2 Å². The van der Waals surface area contributed by atoms with E-state index in [1.165, 1.54) is 41.9 Å². The van der Waals surface area contributed by atoms with Crippen LogP contribution in [0.1, 0.15) is 52.0 Å². The molecule has 1 N–H and O–H groups in total. The molecule has 1 aromatic rings. The first kappa shape index (κ1) is 16.2. The second kappa shape index (κ2) is 7.20. The summed E-state index contributed by atoms with van der Waals surface area (Å²) in [5.41, 5.74) is 1.46. The van der Waals surface area contributed by atoms with E-state index in [-0.39, 0.29) is 5.54 Å². The second-order valence-corrected chi connectivity index (χ2v) is 8.32. The molecule has 1 fully saturated rings. The Kier molecular flexibility index (Phi) is 5.83. The van der Waals surface area contributed by atoms with Crippen molar-refractivity contribution in [3.05, 3.63) is 28.8 Å². The van der Waals surface area contributed by atoms with Gasteiger partial charge in [-0.15, -0.1) is 11.8 Å². The van der Waals surface area contributed by atoms with Crippen LogP contribution < -0.4 is 5.32 Å². The monoisotopic (exact) mass is 311 g/mol. The maximum Gasteiger partial charge on any atom is 0.0410 e. The zero-order chi connectivity index (χ0) is 14.6. The van der Waals surface area contributed by atoms with E-state index in [4.69, 9.17) is 11.6 Å². The lowest BCUT2D eigenvalue weighted by atomic mass is 10.1. The molecular formula is C17H26ClNS. The van der Waals surface area contributed by atoms with Crippen LogP contribution in [0.2, 0.25) is 5.02 Å². The zero-order valence-electron chi connectivity index (χ0n) is 12.8. The number of thioether (sulfide) groups is 1. The molecule has 112 valence electrons. The van der Waals surface area contributed by atoms with Crippen LogP contribution in [0.5, 0.6) is 0 Å². The van der Waals surface area contributed by atoms with Gasteiger partial charge in [-0.1, -0.05) is 24.4 Å². The first-order chi connectivity index (χ1) is 9.44. The third kappa shape index (κ3) is 5.31. The van der Waals surface area contributed by atoms with Crippen molar-refractivity contribution < 1.29 is 0 Å².